The molecule has 42 heavy (non-hydrogen) atoms. The Balaban J connectivity index is 1.29. The van der Waals surface area contributed by atoms with E-state index in [9.17, 15) is 9.18 Å². The summed E-state index contributed by atoms with van der Waals surface area (Å²) in [6, 6.07) is -0.115. The predicted octanol–water partition coefficient (Wildman–Crippen LogP) is 5.31. The lowest BCUT2D eigenvalue weighted by atomic mass is 9.87. The molecule has 0 aliphatic carbocycles. The molecular weight excluding hydrogens is 566 g/mol. The predicted molar refractivity (Wildman–Crippen MR) is 154 cm³/mol. The van der Waals surface area contributed by atoms with Crippen molar-refractivity contribution in [2.24, 2.45) is 5.92 Å². The van der Waals surface area contributed by atoms with E-state index in [0.717, 1.165) is 38.6 Å². The van der Waals surface area contributed by atoms with Crippen molar-refractivity contribution in [3.63, 3.8) is 0 Å². The second-order valence-electron chi connectivity index (χ2n) is 14.0. The monoisotopic (exact) mass is 604 g/mol. The molecule has 7 rings (SSSR count). The standard InChI is InChI=1S/C30H39ClF2N6O3/c1-16-10-19-22-24(23(33)25(31)34-19)35-27(41-15-30-8-5-9-37(30)13-17(32)12-30)36-26(22)38-14-18-6-7-20(21(38)11-16)39(18)28(40)42-29(2,3)4/h16-18,20-21H,5-15H2,1-4H3/t16-,17-,18-,20+,21-,30+/m1/s1. The van der Waals surface area contributed by atoms with Crippen molar-refractivity contribution in [1.29, 1.82) is 0 Å². The third-order valence-corrected chi connectivity index (χ3v) is 10.1. The Kier molecular flexibility index (Phi) is 6.73. The van der Waals surface area contributed by atoms with Gasteiger partial charge in [-0.3, -0.25) is 9.80 Å². The molecule has 1 amide bonds. The number of fused-ring (bicyclic) bond motifs is 6. The first-order valence-corrected chi connectivity index (χ1v) is 15.7. The van der Waals surface area contributed by atoms with Gasteiger partial charge >= 0.3 is 12.1 Å². The number of aromatic nitrogens is 3. The Bertz CT molecular complexity index is 1420. The van der Waals surface area contributed by atoms with Gasteiger partial charge in [-0.25, -0.2) is 18.6 Å². The van der Waals surface area contributed by atoms with Gasteiger partial charge in [-0.15, -0.1) is 0 Å². The molecule has 9 nitrogen and oxygen atoms in total. The van der Waals surface area contributed by atoms with Crippen LogP contribution in [-0.2, 0) is 11.2 Å². The molecule has 0 radical (unpaired) electrons. The Morgan fingerprint density at radius 3 is 2.76 bits per heavy atom. The van der Waals surface area contributed by atoms with E-state index >= 15 is 4.39 Å². The zero-order chi connectivity index (χ0) is 29.6. The number of pyridine rings is 1. The third kappa shape index (κ3) is 4.66. The number of nitrogens with zero attached hydrogens (tertiary/aromatic N) is 6. The van der Waals surface area contributed by atoms with E-state index in [2.05, 4.69) is 26.7 Å². The highest BCUT2D eigenvalue weighted by Crippen LogP contribution is 2.45. The second-order valence-corrected chi connectivity index (χ2v) is 14.4. The van der Waals surface area contributed by atoms with E-state index in [0.29, 0.717) is 42.8 Å². The normalized spacial score (nSPS) is 32.5. The minimum absolute atomic E-state index is 0.0462. The Morgan fingerprint density at radius 2 is 1.98 bits per heavy atom. The molecule has 7 heterocycles. The number of carbonyl (C=O) groups excluding carboxylic acids is 1. The fourth-order valence-corrected chi connectivity index (χ4v) is 8.43. The quantitative estimate of drug-likeness (QED) is 0.436. The zero-order valence-corrected chi connectivity index (χ0v) is 25.5. The topological polar surface area (TPSA) is 83.9 Å². The smallest absolute Gasteiger partial charge is 0.410 e. The molecule has 2 aromatic rings. The highest BCUT2D eigenvalue weighted by atomic mass is 35.5. The molecule has 2 aromatic heterocycles. The summed E-state index contributed by atoms with van der Waals surface area (Å²) in [7, 11) is 0. The minimum Gasteiger partial charge on any atom is -0.461 e. The number of amides is 1. The number of anilines is 1. The van der Waals surface area contributed by atoms with Gasteiger partial charge in [0.15, 0.2) is 11.0 Å². The lowest BCUT2D eigenvalue weighted by Crippen LogP contribution is -2.62. The fourth-order valence-electron chi connectivity index (χ4n) is 8.23. The number of halogens is 3. The van der Waals surface area contributed by atoms with Crippen molar-refractivity contribution < 1.29 is 23.0 Å². The van der Waals surface area contributed by atoms with Crippen molar-refractivity contribution >= 4 is 34.4 Å². The van der Waals surface area contributed by atoms with E-state index in [-0.39, 0.29) is 59.0 Å². The van der Waals surface area contributed by atoms with Gasteiger partial charge in [0.2, 0.25) is 0 Å². The number of rotatable bonds is 3. The summed E-state index contributed by atoms with van der Waals surface area (Å²) in [6.07, 6.45) is 4.16. The number of ether oxygens (including phenoxy) is 2. The maximum atomic E-state index is 15.7. The van der Waals surface area contributed by atoms with Gasteiger partial charge < -0.3 is 14.4 Å². The molecule has 0 aromatic carbocycles. The van der Waals surface area contributed by atoms with Crippen LogP contribution in [0.4, 0.5) is 19.4 Å². The summed E-state index contributed by atoms with van der Waals surface area (Å²) in [5.74, 6) is 0.0653. The van der Waals surface area contributed by atoms with Crippen LogP contribution in [0.1, 0.15) is 71.9 Å². The summed E-state index contributed by atoms with van der Waals surface area (Å²) in [4.78, 5) is 33.6. The van der Waals surface area contributed by atoms with Gasteiger partial charge in [0, 0.05) is 19.5 Å². The van der Waals surface area contributed by atoms with Crippen molar-refractivity contribution in [1.82, 2.24) is 24.8 Å². The molecule has 2 bridgehead atoms. The number of hydrogen-bond donors (Lipinski definition) is 0. The first-order valence-electron chi connectivity index (χ1n) is 15.3. The van der Waals surface area contributed by atoms with Crippen LogP contribution >= 0.6 is 11.6 Å². The molecule has 0 N–H and O–H groups in total. The second kappa shape index (κ2) is 10.0. The van der Waals surface area contributed by atoms with E-state index in [4.69, 9.17) is 26.1 Å². The highest BCUT2D eigenvalue weighted by molar-refractivity contribution is 6.30. The average Bonchev–Trinajstić information content (AvgIpc) is 3.54. The van der Waals surface area contributed by atoms with Crippen molar-refractivity contribution in [3.05, 3.63) is 16.7 Å². The van der Waals surface area contributed by atoms with Gasteiger partial charge in [-0.05, 0) is 71.8 Å². The number of piperazine rings is 1. The van der Waals surface area contributed by atoms with Crippen LogP contribution in [0.25, 0.3) is 10.9 Å². The van der Waals surface area contributed by atoms with Crippen LogP contribution in [0.3, 0.4) is 0 Å². The maximum absolute atomic E-state index is 15.7. The highest BCUT2D eigenvalue weighted by Gasteiger charge is 2.52. The molecular formula is C30H39ClF2N6O3. The molecule has 4 saturated heterocycles. The first-order chi connectivity index (χ1) is 19.9. The third-order valence-electron chi connectivity index (χ3n) is 9.87. The van der Waals surface area contributed by atoms with E-state index in [1.165, 1.54) is 0 Å². The summed E-state index contributed by atoms with van der Waals surface area (Å²) in [6.45, 7) is 9.83. The van der Waals surface area contributed by atoms with Crippen LogP contribution in [0.2, 0.25) is 5.15 Å². The Hall–Kier alpha value is -2.53. The Labute approximate surface area is 249 Å². The molecule has 5 aliphatic rings. The van der Waals surface area contributed by atoms with Gasteiger partial charge in [0.1, 0.15) is 29.7 Å². The van der Waals surface area contributed by atoms with Crippen molar-refractivity contribution in [3.8, 4) is 6.01 Å². The number of hydrogen-bond acceptors (Lipinski definition) is 8. The summed E-state index contributed by atoms with van der Waals surface area (Å²) in [5, 5.41) is 0.333. The largest absolute Gasteiger partial charge is 0.461 e. The van der Waals surface area contributed by atoms with Gasteiger partial charge in [0.05, 0.1) is 34.7 Å². The van der Waals surface area contributed by atoms with Crippen LogP contribution < -0.4 is 9.64 Å². The first kappa shape index (κ1) is 28.3. The van der Waals surface area contributed by atoms with Gasteiger partial charge in [-0.2, -0.15) is 9.97 Å². The fraction of sp³-hybridized carbons (Fsp3) is 0.733. The summed E-state index contributed by atoms with van der Waals surface area (Å²) in [5.41, 5.74) is -0.221. The molecule has 4 fully saturated rings. The molecule has 0 spiro atoms. The van der Waals surface area contributed by atoms with Crippen molar-refractivity contribution in [2.45, 2.75) is 108 Å². The molecule has 0 saturated carbocycles. The number of carbonyl (C=O) groups is 1. The van der Waals surface area contributed by atoms with Gasteiger partial charge in [0.25, 0.3) is 0 Å². The van der Waals surface area contributed by atoms with Crippen molar-refractivity contribution in [2.75, 3.05) is 31.1 Å². The summed E-state index contributed by atoms with van der Waals surface area (Å²) >= 11 is 6.30. The van der Waals surface area contributed by atoms with Crippen LogP contribution in [0.15, 0.2) is 0 Å². The number of alkyl halides is 1. The molecule has 0 unspecified atom stereocenters. The van der Waals surface area contributed by atoms with E-state index in [1.54, 1.807) is 0 Å². The van der Waals surface area contributed by atoms with Gasteiger partial charge in [-0.1, -0.05) is 18.5 Å². The minimum atomic E-state index is -0.885. The van der Waals surface area contributed by atoms with Crippen LogP contribution in [0, 0.1) is 11.7 Å². The lowest BCUT2D eigenvalue weighted by Gasteiger charge is -2.49. The molecule has 5 aliphatic heterocycles. The Morgan fingerprint density at radius 1 is 1.17 bits per heavy atom. The summed E-state index contributed by atoms with van der Waals surface area (Å²) < 4.78 is 42.1. The van der Waals surface area contributed by atoms with Crippen LogP contribution in [0.5, 0.6) is 6.01 Å². The zero-order valence-electron chi connectivity index (χ0n) is 24.7. The maximum Gasteiger partial charge on any atom is 0.410 e. The SMILES string of the molecule is C[C@@H]1Cc2nc(Cl)c(F)c3nc(OC[C@@]45CCCN4C[C@H](F)C5)nc(c23)N2C[C@H]3CC[C@@H]([C@H]2C1)N3C(=O)OC(C)(C)C. The molecule has 6 atom stereocenters. The lowest BCUT2D eigenvalue weighted by molar-refractivity contribution is 0.00636. The average molecular weight is 605 g/mol. The molecule has 12 heteroatoms. The molecule has 228 valence electrons. The van der Waals surface area contributed by atoms with E-state index in [1.807, 2.05) is 25.7 Å². The van der Waals surface area contributed by atoms with Crippen LogP contribution in [-0.4, -0.2) is 92.5 Å². The van der Waals surface area contributed by atoms with E-state index < -0.39 is 17.6 Å².